The lowest BCUT2D eigenvalue weighted by Crippen LogP contribution is -2.51. The van der Waals surface area contributed by atoms with Crippen molar-refractivity contribution in [3.63, 3.8) is 0 Å². The van der Waals surface area contributed by atoms with E-state index in [1.165, 1.54) is 6.33 Å². The summed E-state index contributed by atoms with van der Waals surface area (Å²) in [5.41, 5.74) is 0.171. The van der Waals surface area contributed by atoms with E-state index in [4.69, 9.17) is 0 Å². The number of likely N-dealkylation sites (tertiary alicyclic amines) is 1. The first-order valence-corrected chi connectivity index (χ1v) is 5.92. The SMILES string of the molecule is CNC1(C)CCN(C(=O)Cn2cncn2)CC1. The van der Waals surface area contributed by atoms with E-state index >= 15 is 0 Å². The fourth-order valence-corrected chi connectivity index (χ4v) is 2.05. The first kappa shape index (κ1) is 12.0. The van der Waals surface area contributed by atoms with E-state index in [0.717, 1.165) is 25.9 Å². The normalized spacial score (nSPS) is 19.3. The first-order chi connectivity index (χ1) is 8.13. The van der Waals surface area contributed by atoms with E-state index < -0.39 is 0 Å². The van der Waals surface area contributed by atoms with Crippen molar-refractivity contribution in [1.29, 1.82) is 0 Å². The number of aromatic nitrogens is 3. The molecule has 6 heteroatoms. The molecule has 17 heavy (non-hydrogen) atoms. The fraction of sp³-hybridized carbons (Fsp3) is 0.727. The zero-order valence-electron chi connectivity index (χ0n) is 10.4. The van der Waals surface area contributed by atoms with E-state index in [0.29, 0.717) is 0 Å². The molecule has 1 aromatic heterocycles. The summed E-state index contributed by atoms with van der Waals surface area (Å²) in [6, 6.07) is 0. The molecule has 2 rings (SSSR count). The van der Waals surface area contributed by atoms with Gasteiger partial charge < -0.3 is 10.2 Å². The van der Waals surface area contributed by atoms with E-state index in [1.54, 1.807) is 11.0 Å². The number of piperidine rings is 1. The number of carbonyl (C=O) groups is 1. The minimum absolute atomic E-state index is 0.119. The number of rotatable bonds is 3. The van der Waals surface area contributed by atoms with Crippen LogP contribution in [0.5, 0.6) is 0 Å². The molecule has 0 unspecified atom stereocenters. The predicted octanol–water partition coefficient (Wildman–Crippen LogP) is -0.121. The molecule has 0 atom stereocenters. The van der Waals surface area contributed by atoms with E-state index in [-0.39, 0.29) is 18.0 Å². The van der Waals surface area contributed by atoms with Crippen LogP contribution in [0, 0.1) is 0 Å². The van der Waals surface area contributed by atoms with Crippen LogP contribution in [0.25, 0.3) is 0 Å². The monoisotopic (exact) mass is 237 g/mol. The summed E-state index contributed by atoms with van der Waals surface area (Å²) < 4.78 is 1.56. The summed E-state index contributed by atoms with van der Waals surface area (Å²) in [5, 5.41) is 7.26. The minimum Gasteiger partial charge on any atom is -0.341 e. The molecule has 1 aliphatic heterocycles. The van der Waals surface area contributed by atoms with E-state index in [2.05, 4.69) is 22.3 Å². The number of hydrogen-bond donors (Lipinski definition) is 1. The molecule has 1 fully saturated rings. The van der Waals surface area contributed by atoms with Crippen molar-refractivity contribution in [3.8, 4) is 0 Å². The van der Waals surface area contributed by atoms with E-state index in [9.17, 15) is 4.79 Å². The van der Waals surface area contributed by atoms with Crippen LogP contribution >= 0.6 is 0 Å². The Morgan fingerprint density at radius 1 is 1.47 bits per heavy atom. The molecule has 1 N–H and O–H groups in total. The molecule has 0 radical (unpaired) electrons. The highest BCUT2D eigenvalue weighted by atomic mass is 16.2. The number of nitrogens with one attached hydrogen (secondary N) is 1. The largest absolute Gasteiger partial charge is 0.341 e. The minimum atomic E-state index is 0.119. The Balaban J connectivity index is 1.86. The van der Waals surface area contributed by atoms with Crippen LogP contribution in [0.15, 0.2) is 12.7 Å². The van der Waals surface area contributed by atoms with Gasteiger partial charge in [0.05, 0.1) is 0 Å². The molecule has 94 valence electrons. The lowest BCUT2D eigenvalue weighted by atomic mass is 9.90. The second-order valence-electron chi connectivity index (χ2n) is 4.78. The van der Waals surface area contributed by atoms with Crippen LogP contribution < -0.4 is 5.32 Å². The van der Waals surface area contributed by atoms with Crippen molar-refractivity contribution in [3.05, 3.63) is 12.7 Å². The van der Waals surface area contributed by atoms with Crippen molar-refractivity contribution < 1.29 is 4.79 Å². The standard InChI is InChI=1S/C11H19N5O/c1-11(12-2)3-5-15(6-4-11)10(17)7-16-9-13-8-14-16/h8-9,12H,3-7H2,1-2H3. The number of amides is 1. The number of nitrogens with zero attached hydrogens (tertiary/aromatic N) is 4. The Labute approximate surface area is 101 Å². The molecule has 1 aromatic rings. The van der Waals surface area contributed by atoms with Gasteiger partial charge in [0, 0.05) is 18.6 Å². The summed E-state index contributed by atoms with van der Waals surface area (Å²) in [4.78, 5) is 17.7. The second-order valence-corrected chi connectivity index (χ2v) is 4.78. The highest BCUT2D eigenvalue weighted by Gasteiger charge is 2.30. The molecule has 1 aliphatic rings. The molecule has 0 aliphatic carbocycles. The average Bonchev–Trinajstić information content (AvgIpc) is 2.83. The third kappa shape index (κ3) is 2.82. The van der Waals surface area contributed by atoms with Crippen molar-refractivity contribution in [1.82, 2.24) is 25.0 Å². The van der Waals surface area contributed by atoms with E-state index in [1.807, 2.05) is 11.9 Å². The van der Waals surface area contributed by atoms with Crippen LogP contribution in [0.4, 0.5) is 0 Å². The lowest BCUT2D eigenvalue weighted by Gasteiger charge is -2.39. The molecular formula is C11H19N5O. The molecule has 0 bridgehead atoms. The van der Waals surface area contributed by atoms with Gasteiger partial charge in [0.15, 0.2) is 0 Å². The zero-order chi connectivity index (χ0) is 12.3. The van der Waals surface area contributed by atoms with Gasteiger partial charge in [-0.3, -0.25) is 4.79 Å². The second kappa shape index (κ2) is 4.83. The topological polar surface area (TPSA) is 63.1 Å². The maximum Gasteiger partial charge on any atom is 0.244 e. The molecule has 0 aromatic carbocycles. The number of hydrogen-bond acceptors (Lipinski definition) is 4. The molecule has 0 spiro atoms. The van der Waals surface area contributed by atoms with Gasteiger partial charge in [-0.2, -0.15) is 5.10 Å². The van der Waals surface area contributed by atoms with Gasteiger partial charge in [-0.25, -0.2) is 9.67 Å². The lowest BCUT2D eigenvalue weighted by molar-refractivity contribution is -0.133. The Hall–Kier alpha value is -1.43. The van der Waals surface area contributed by atoms with Gasteiger partial charge in [0.25, 0.3) is 0 Å². The van der Waals surface area contributed by atoms with Crippen LogP contribution in [0.2, 0.25) is 0 Å². The summed E-state index contributed by atoms with van der Waals surface area (Å²) in [7, 11) is 1.98. The Morgan fingerprint density at radius 2 is 2.18 bits per heavy atom. The molecular weight excluding hydrogens is 218 g/mol. The predicted molar refractivity (Wildman–Crippen MR) is 63.3 cm³/mol. The van der Waals surface area contributed by atoms with Crippen LogP contribution in [0.3, 0.4) is 0 Å². The summed E-state index contributed by atoms with van der Waals surface area (Å²) in [6.07, 6.45) is 5.00. The Bertz CT molecular complexity index is 367. The summed E-state index contributed by atoms with van der Waals surface area (Å²) in [5.74, 6) is 0.119. The summed E-state index contributed by atoms with van der Waals surface area (Å²) in [6.45, 7) is 4.11. The molecule has 1 saturated heterocycles. The number of carbonyl (C=O) groups excluding carboxylic acids is 1. The van der Waals surface area contributed by atoms with Crippen molar-refractivity contribution in [2.45, 2.75) is 31.8 Å². The summed E-state index contributed by atoms with van der Waals surface area (Å²) >= 11 is 0. The van der Waals surface area contributed by atoms with Gasteiger partial charge in [-0.15, -0.1) is 0 Å². The van der Waals surface area contributed by atoms with Crippen molar-refractivity contribution in [2.75, 3.05) is 20.1 Å². The van der Waals surface area contributed by atoms with Crippen LogP contribution in [0.1, 0.15) is 19.8 Å². The molecule has 2 heterocycles. The van der Waals surface area contributed by atoms with Crippen LogP contribution in [-0.4, -0.2) is 51.2 Å². The average molecular weight is 237 g/mol. The molecule has 1 amide bonds. The maximum atomic E-state index is 12.0. The third-order valence-corrected chi connectivity index (χ3v) is 3.59. The molecule has 0 saturated carbocycles. The van der Waals surface area contributed by atoms with Crippen molar-refractivity contribution >= 4 is 5.91 Å². The van der Waals surface area contributed by atoms with Gasteiger partial charge in [-0.05, 0) is 26.8 Å². The zero-order valence-corrected chi connectivity index (χ0v) is 10.4. The van der Waals surface area contributed by atoms with Gasteiger partial charge in [0.1, 0.15) is 19.2 Å². The molecule has 6 nitrogen and oxygen atoms in total. The quantitative estimate of drug-likeness (QED) is 0.796. The Kier molecular flexibility index (Phi) is 3.42. The van der Waals surface area contributed by atoms with Gasteiger partial charge in [0.2, 0.25) is 5.91 Å². The first-order valence-electron chi connectivity index (χ1n) is 5.92. The highest BCUT2D eigenvalue weighted by molar-refractivity contribution is 5.76. The van der Waals surface area contributed by atoms with Gasteiger partial charge in [-0.1, -0.05) is 0 Å². The van der Waals surface area contributed by atoms with Crippen molar-refractivity contribution in [2.24, 2.45) is 0 Å². The maximum absolute atomic E-state index is 12.0. The van der Waals surface area contributed by atoms with Crippen LogP contribution in [-0.2, 0) is 11.3 Å². The Morgan fingerprint density at radius 3 is 2.71 bits per heavy atom. The van der Waals surface area contributed by atoms with Gasteiger partial charge >= 0.3 is 0 Å². The highest BCUT2D eigenvalue weighted by Crippen LogP contribution is 2.21. The third-order valence-electron chi connectivity index (χ3n) is 3.59. The smallest absolute Gasteiger partial charge is 0.244 e. The fourth-order valence-electron chi connectivity index (χ4n) is 2.05.